The molecule has 0 saturated heterocycles. The van der Waals surface area contributed by atoms with E-state index in [2.05, 4.69) is 19.9 Å². The third-order valence-corrected chi connectivity index (χ3v) is 7.06. The predicted octanol–water partition coefficient (Wildman–Crippen LogP) is 7.90. The Morgan fingerprint density at radius 1 is 0.689 bits per heavy atom. The fraction of sp³-hybridized carbons (Fsp3) is 0.649. The van der Waals surface area contributed by atoms with Gasteiger partial charge in [0, 0.05) is 19.3 Å². The van der Waals surface area contributed by atoms with Gasteiger partial charge in [-0.2, -0.15) is 0 Å². The van der Waals surface area contributed by atoms with Crippen LogP contribution in [0.4, 0.5) is 0 Å². The fourth-order valence-electron chi connectivity index (χ4n) is 4.41. The quantitative estimate of drug-likeness (QED) is 0.0405. The average molecular weight is 633 g/mol. The molecule has 45 heavy (non-hydrogen) atoms. The molecule has 0 radical (unpaired) electrons. The predicted molar refractivity (Wildman–Crippen MR) is 183 cm³/mol. The van der Waals surface area contributed by atoms with Crippen molar-refractivity contribution in [3.63, 3.8) is 0 Å². The van der Waals surface area contributed by atoms with Gasteiger partial charge in [0.2, 0.25) is 0 Å². The number of likely N-dealkylation sites (N-methyl/N-ethyl adjacent to an activating group) is 1. The van der Waals surface area contributed by atoms with E-state index >= 15 is 0 Å². The van der Waals surface area contributed by atoms with Gasteiger partial charge in [-0.25, -0.2) is 4.79 Å². The van der Waals surface area contributed by atoms with Crippen LogP contribution < -0.4 is 0 Å². The highest BCUT2D eigenvalue weighted by atomic mass is 16.6. The molecule has 0 rings (SSSR count). The number of esters is 2. The number of hydrogen-bond acceptors (Lipinski definition) is 6. The molecule has 0 spiro atoms. The molecule has 8 nitrogen and oxygen atoms in total. The average Bonchev–Trinajstić information content (AvgIpc) is 2.98. The van der Waals surface area contributed by atoms with Crippen molar-refractivity contribution in [2.45, 2.75) is 116 Å². The van der Waals surface area contributed by atoms with Crippen LogP contribution in [0.2, 0.25) is 0 Å². The van der Waals surface area contributed by atoms with Crippen LogP contribution in [0.5, 0.6) is 0 Å². The summed E-state index contributed by atoms with van der Waals surface area (Å²) in [5, 5.41) is 9.54. The Labute approximate surface area is 273 Å². The maximum atomic E-state index is 12.5. The Hall–Kier alpha value is -2.97. The SMILES string of the molecule is CC/C=C/C=C/C=C/C=C/C=C/CCCC(=O)OCC(COCCC(C(=O)O)[N+](C)(C)C)OC(=O)CCCCCCCCCC. The highest BCUT2D eigenvalue weighted by molar-refractivity contribution is 5.72. The minimum atomic E-state index is -0.889. The molecule has 0 amide bonds. The molecule has 8 heteroatoms. The first-order valence-corrected chi connectivity index (χ1v) is 16.9. The van der Waals surface area contributed by atoms with Gasteiger partial charge < -0.3 is 23.8 Å². The van der Waals surface area contributed by atoms with E-state index in [1.807, 2.05) is 75.8 Å². The smallest absolute Gasteiger partial charge is 0.362 e. The number of aliphatic carboxylic acids is 1. The Morgan fingerprint density at radius 2 is 1.24 bits per heavy atom. The summed E-state index contributed by atoms with van der Waals surface area (Å²) in [6.45, 7) is 4.44. The van der Waals surface area contributed by atoms with Crippen LogP contribution in [0, 0.1) is 0 Å². The summed E-state index contributed by atoms with van der Waals surface area (Å²) in [6, 6.07) is -0.623. The maximum Gasteiger partial charge on any atom is 0.362 e. The lowest BCUT2D eigenvalue weighted by Crippen LogP contribution is -2.50. The molecule has 0 bridgehead atoms. The third kappa shape index (κ3) is 27.1. The maximum absolute atomic E-state index is 12.5. The second kappa shape index (κ2) is 28.5. The minimum Gasteiger partial charge on any atom is -0.477 e. The van der Waals surface area contributed by atoms with E-state index in [0.29, 0.717) is 19.3 Å². The molecule has 256 valence electrons. The first-order chi connectivity index (χ1) is 21.6. The number of carboxylic acid groups (broad SMARTS) is 1. The second-order valence-corrected chi connectivity index (χ2v) is 12.2. The van der Waals surface area contributed by atoms with Gasteiger partial charge in [0.1, 0.15) is 6.61 Å². The number of nitrogens with zero attached hydrogens (tertiary/aromatic N) is 1. The fourth-order valence-corrected chi connectivity index (χ4v) is 4.41. The molecule has 0 saturated carbocycles. The first kappa shape index (κ1) is 42.0. The van der Waals surface area contributed by atoms with Crippen LogP contribution in [0.1, 0.15) is 104 Å². The van der Waals surface area contributed by atoms with Crippen molar-refractivity contribution < 1.29 is 38.2 Å². The highest BCUT2D eigenvalue weighted by Crippen LogP contribution is 2.12. The lowest BCUT2D eigenvalue weighted by molar-refractivity contribution is -0.887. The Morgan fingerprint density at radius 3 is 1.82 bits per heavy atom. The van der Waals surface area contributed by atoms with Crippen molar-refractivity contribution in [1.29, 1.82) is 0 Å². The zero-order valence-electron chi connectivity index (χ0n) is 28.8. The third-order valence-electron chi connectivity index (χ3n) is 7.06. The molecule has 2 unspecified atom stereocenters. The summed E-state index contributed by atoms with van der Waals surface area (Å²) in [5.74, 6) is -1.58. The van der Waals surface area contributed by atoms with Crippen LogP contribution >= 0.6 is 0 Å². The number of quaternary nitrogens is 1. The van der Waals surface area contributed by atoms with Crippen molar-refractivity contribution in [2.75, 3.05) is 41.0 Å². The van der Waals surface area contributed by atoms with Gasteiger partial charge in [-0.05, 0) is 25.7 Å². The molecular formula is C37H62NO7+. The van der Waals surface area contributed by atoms with E-state index in [0.717, 1.165) is 32.1 Å². The number of carbonyl (C=O) groups is 3. The van der Waals surface area contributed by atoms with Gasteiger partial charge in [-0.3, -0.25) is 9.59 Å². The lowest BCUT2D eigenvalue weighted by Gasteiger charge is -2.31. The van der Waals surface area contributed by atoms with Crippen molar-refractivity contribution in [3.8, 4) is 0 Å². The molecule has 2 atom stereocenters. The number of carbonyl (C=O) groups excluding carboxylic acids is 2. The topological polar surface area (TPSA) is 99.1 Å². The van der Waals surface area contributed by atoms with Gasteiger partial charge in [-0.15, -0.1) is 0 Å². The standard InChI is InChI=1S/C37H61NO7/c1-6-8-10-12-14-16-17-18-19-20-22-23-25-27-35(39)44-32-33(31-43-30-29-34(37(41)42)38(3,4)5)45-36(40)28-26-24-21-15-13-11-9-7-2/h8,10,12,14,16-20,22,33-34H,6-7,9,11,13,15,21,23-32H2,1-5H3/p+1/b10-8+,14-12+,17-16+,19-18+,22-20+. The van der Waals surface area contributed by atoms with Crippen LogP contribution in [0.3, 0.4) is 0 Å². The zero-order valence-corrected chi connectivity index (χ0v) is 28.8. The largest absolute Gasteiger partial charge is 0.477 e. The molecule has 0 aliphatic heterocycles. The lowest BCUT2D eigenvalue weighted by atomic mass is 10.1. The number of allylic oxidation sites excluding steroid dienone is 10. The Kier molecular flexibility index (Phi) is 26.6. The van der Waals surface area contributed by atoms with Gasteiger partial charge in [0.25, 0.3) is 0 Å². The molecule has 1 N–H and O–H groups in total. The van der Waals surface area contributed by atoms with Crippen LogP contribution in [0.15, 0.2) is 60.8 Å². The van der Waals surface area contributed by atoms with Crippen molar-refractivity contribution in [3.05, 3.63) is 60.8 Å². The second-order valence-electron chi connectivity index (χ2n) is 12.2. The van der Waals surface area contributed by atoms with Gasteiger partial charge >= 0.3 is 17.9 Å². The van der Waals surface area contributed by atoms with Crippen molar-refractivity contribution in [1.82, 2.24) is 0 Å². The van der Waals surface area contributed by atoms with E-state index in [1.54, 1.807) is 0 Å². The van der Waals surface area contributed by atoms with E-state index in [-0.39, 0.29) is 42.7 Å². The van der Waals surface area contributed by atoms with E-state index in [4.69, 9.17) is 14.2 Å². The van der Waals surface area contributed by atoms with Crippen molar-refractivity contribution >= 4 is 17.9 Å². The molecule has 0 heterocycles. The van der Waals surface area contributed by atoms with E-state index < -0.39 is 18.1 Å². The van der Waals surface area contributed by atoms with Crippen molar-refractivity contribution in [2.24, 2.45) is 0 Å². The summed E-state index contributed by atoms with van der Waals surface area (Å²) in [5.41, 5.74) is 0. The van der Waals surface area contributed by atoms with E-state index in [9.17, 15) is 19.5 Å². The Bertz CT molecular complexity index is 928. The molecule has 0 aliphatic rings. The molecule has 0 aromatic rings. The summed E-state index contributed by atoms with van der Waals surface area (Å²) < 4.78 is 17.0. The summed E-state index contributed by atoms with van der Waals surface area (Å²) in [7, 11) is 5.47. The van der Waals surface area contributed by atoms with E-state index in [1.165, 1.54) is 32.1 Å². The molecule has 0 aliphatic carbocycles. The number of ether oxygens (including phenoxy) is 3. The first-order valence-electron chi connectivity index (χ1n) is 16.9. The highest BCUT2D eigenvalue weighted by Gasteiger charge is 2.31. The number of unbranched alkanes of at least 4 members (excludes halogenated alkanes) is 8. The minimum absolute atomic E-state index is 0.0364. The van der Waals surface area contributed by atoms with Crippen LogP contribution in [0.25, 0.3) is 0 Å². The number of hydrogen-bond donors (Lipinski definition) is 1. The van der Waals surface area contributed by atoms with Crippen LogP contribution in [-0.4, -0.2) is 80.6 Å². The molecular weight excluding hydrogens is 570 g/mol. The summed E-state index contributed by atoms with van der Waals surface area (Å²) >= 11 is 0. The van der Waals surface area contributed by atoms with Gasteiger partial charge in [-0.1, -0.05) is 120 Å². The molecule has 0 fully saturated rings. The number of carboxylic acids is 1. The Balaban J connectivity index is 4.62. The number of rotatable bonds is 28. The van der Waals surface area contributed by atoms with Crippen LogP contribution in [-0.2, 0) is 28.6 Å². The van der Waals surface area contributed by atoms with Gasteiger partial charge in [0.15, 0.2) is 12.1 Å². The van der Waals surface area contributed by atoms with Gasteiger partial charge in [0.05, 0.1) is 34.4 Å². The molecule has 0 aromatic carbocycles. The monoisotopic (exact) mass is 632 g/mol. The summed E-state index contributed by atoms with van der Waals surface area (Å²) in [4.78, 5) is 36.5. The molecule has 0 aromatic heterocycles. The zero-order chi connectivity index (χ0) is 33.6. The summed E-state index contributed by atoms with van der Waals surface area (Å²) in [6.07, 6.45) is 31.4. The normalized spacial score (nSPS) is 13.9.